The first-order valence-corrected chi connectivity index (χ1v) is 6.79. The molecule has 0 spiro atoms. The summed E-state index contributed by atoms with van der Waals surface area (Å²) in [5, 5.41) is 11.1. The van der Waals surface area contributed by atoms with Gasteiger partial charge in [-0.1, -0.05) is 0 Å². The maximum atomic E-state index is 12.2. The first-order chi connectivity index (χ1) is 10.2. The van der Waals surface area contributed by atoms with Gasteiger partial charge in [-0.2, -0.15) is 5.26 Å². The van der Waals surface area contributed by atoms with Crippen molar-refractivity contribution in [3.63, 3.8) is 0 Å². The molecule has 0 radical (unpaired) electrons. The molecule has 0 aliphatic heterocycles. The summed E-state index contributed by atoms with van der Waals surface area (Å²) in [5.74, 6) is -0.697. The van der Waals surface area contributed by atoms with Crippen LogP contribution in [-0.4, -0.2) is 29.3 Å². The van der Waals surface area contributed by atoms with E-state index in [2.05, 4.69) is 5.32 Å². The van der Waals surface area contributed by atoms with Crippen LogP contribution in [0, 0.1) is 11.3 Å². The number of carbonyl (C=O) groups excluding carboxylic acids is 2. The smallest absolute Gasteiger partial charge is 0.408 e. The molecule has 120 valence electrons. The predicted octanol–water partition coefficient (Wildman–Crippen LogP) is 2.92. The number of hydrogen-bond acceptors (Lipinski definition) is 5. The summed E-state index contributed by atoms with van der Waals surface area (Å²) in [6.07, 6.45) is -3.18. The molecular weight excluding hydrogens is 272 g/mol. The summed E-state index contributed by atoms with van der Waals surface area (Å²) in [5.41, 5.74) is -1.48. The Balaban J connectivity index is 4.97. The van der Waals surface area contributed by atoms with Gasteiger partial charge in [-0.05, 0) is 54.4 Å². The monoisotopic (exact) mass is 300 g/mol. The number of carbonyl (C=O) groups is 2. The van der Waals surface area contributed by atoms with Crippen molar-refractivity contribution < 1.29 is 21.8 Å². The fourth-order valence-corrected chi connectivity index (χ4v) is 1.34. The van der Waals surface area contributed by atoms with Crippen molar-refractivity contribution in [3.05, 3.63) is 0 Å². The molecule has 0 saturated carbocycles. The first kappa shape index (κ1) is 15.6. The van der Waals surface area contributed by atoms with E-state index >= 15 is 0 Å². The van der Waals surface area contributed by atoms with Gasteiger partial charge in [0.15, 0.2) is 0 Å². The summed E-state index contributed by atoms with van der Waals surface area (Å²) in [6.45, 7) is 10.1. The summed E-state index contributed by atoms with van der Waals surface area (Å²) < 4.78 is 25.2. The van der Waals surface area contributed by atoms with Gasteiger partial charge >= 0.3 is 12.1 Å². The molecule has 21 heavy (non-hydrogen) atoms. The van der Waals surface area contributed by atoms with Gasteiger partial charge in [0.1, 0.15) is 17.2 Å². The fraction of sp³-hybridized carbons (Fsp3) is 0.800. The second-order valence-corrected chi connectivity index (χ2v) is 6.56. The fourth-order valence-electron chi connectivity index (χ4n) is 1.34. The Morgan fingerprint density at radius 2 is 1.71 bits per heavy atom. The maximum absolute atomic E-state index is 12.2. The predicted molar refractivity (Wildman–Crippen MR) is 78.5 cm³/mol. The zero-order chi connectivity index (χ0) is 18.5. The summed E-state index contributed by atoms with van der Waals surface area (Å²) >= 11 is 0. The molecule has 0 aromatic heterocycles. The van der Waals surface area contributed by atoms with Crippen LogP contribution in [0.2, 0.25) is 0 Å². The molecule has 1 atom stereocenters. The van der Waals surface area contributed by atoms with E-state index in [1.165, 1.54) is 6.07 Å². The van der Waals surface area contributed by atoms with E-state index in [0.717, 1.165) is 0 Å². The van der Waals surface area contributed by atoms with Crippen molar-refractivity contribution in [2.24, 2.45) is 0 Å². The Morgan fingerprint density at radius 1 is 1.19 bits per heavy atom. The highest BCUT2D eigenvalue weighted by molar-refractivity contribution is 5.81. The number of hydrogen-bond donors (Lipinski definition) is 1. The van der Waals surface area contributed by atoms with Crippen molar-refractivity contribution in [2.75, 3.05) is 0 Å². The Bertz CT molecular complexity index is 473. The van der Waals surface area contributed by atoms with Crippen LogP contribution in [0.15, 0.2) is 0 Å². The third kappa shape index (κ3) is 10.7. The van der Waals surface area contributed by atoms with Crippen LogP contribution < -0.4 is 5.32 Å². The average Bonchev–Trinajstić information content (AvgIpc) is 2.30. The Hall–Kier alpha value is -1.77. The summed E-state index contributed by atoms with van der Waals surface area (Å²) in [7, 11) is 0. The highest BCUT2D eigenvalue weighted by Gasteiger charge is 2.28. The number of nitrogens with one attached hydrogen (secondary N) is 1. The van der Waals surface area contributed by atoms with Gasteiger partial charge in [0.05, 0.1) is 6.07 Å². The lowest BCUT2D eigenvalue weighted by atomic mass is 10.1. The molecule has 0 saturated heterocycles. The molecule has 0 aliphatic rings. The number of rotatable bonds is 5. The number of nitrogens with zero attached hydrogens (tertiary/aromatic N) is 1. The molecule has 1 unspecified atom stereocenters. The average molecular weight is 300 g/mol. The highest BCUT2D eigenvalue weighted by atomic mass is 16.6. The van der Waals surface area contributed by atoms with E-state index in [9.17, 15) is 9.59 Å². The number of nitriles is 1. The van der Waals surface area contributed by atoms with E-state index < -0.39 is 35.7 Å². The van der Waals surface area contributed by atoms with Crippen molar-refractivity contribution in [1.29, 1.82) is 5.26 Å². The van der Waals surface area contributed by atoms with Crippen LogP contribution >= 0.6 is 0 Å². The van der Waals surface area contributed by atoms with Crippen LogP contribution in [0.25, 0.3) is 0 Å². The molecule has 0 bridgehead atoms. The van der Waals surface area contributed by atoms with Crippen LogP contribution in [0.5, 0.6) is 0 Å². The normalized spacial score (nSPS) is 15.1. The van der Waals surface area contributed by atoms with Gasteiger partial charge in [-0.3, -0.25) is 0 Å². The molecule has 1 N–H and O–H groups in total. The number of ether oxygens (including phenoxy) is 2. The molecule has 1 amide bonds. The summed E-state index contributed by atoms with van der Waals surface area (Å²) in [4.78, 5) is 24.0. The lowest BCUT2D eigenvalue weighted by molar-refractivity contribution is -0.157. The van der Waals surface area contributed by atoms with Crippen LogP contribution in [0.3, 0.4) is 0 Å². The minimum atomic E-state index is -2.09. The molecule has 0 aliphatic carbocycles. The molecule has 0 rings (SSSR count). The van der Waals surface area contributed by atoms with Gasteiger partial charge in [0.2, 0.25) is 0 Å². The van der Waals surface area contributed by atoms with Gasteiger partial charge < -0.3 is 14.8 Å². The highest BCUT2D eigenvalue weighted by Crippen LogP contribution is 2.13. The van der Waals surface area contributed by atoms with Crippen LogP contribution in [-0.2, 0) is 14.3 Å². The van der Waals surface area contributed by atoms with E-state index in [1.54, 1.807) is 41.5 Å². The Labute approximate surface area is 129 Å². The third-order valence-electron chi connectivity index (χ3n) is 2.02. The summed E-state index contributed by atoms with van der Waals surface area (Å²) in [6, 6.07) is 0.422. The lowest BCUT2D eigenvalue weighted by Gasteiger charge is -2.26. The number of alkyl carbamates (subject to hydrolysis) is 1. The molecule has 0 aromatic rings. The van der Waals surface area contributed by atoms with Crippen LogP contribution in [0.4, 0.5) is 4.79 Å². The topological polar surface area (TPSA) is 88.4 Å². The maximum Gasteiger partial charge on any atom is 0.408 e. The first-order valence-electron chi connectivity index (χ1n) is 7.79. The van der Waals surface area contributed by atoms with Gasteiger partial charge in [-0.25, -0.2) is 9.59 Å². The lowest BCUT2D eigenvalue weighted by Crippen LogP contribution is -2.46. The van der Waals surface area contributed by atoms with Crippen molar-refractivity contribution in [3.8, 4) is 6.07 Å². The molecule has 0 heterocycles. The van der Waals surface area contributed by atoms with E-state index in [4.69, 9.17) is 17.5 Å². The zero-order valence-electron chi connectivity index (χ0n) is 15.6. The minimum absolute atomic E-state index is 0.0747. The van der Waals surface area contributed by atoms with E-state index in [-0.39, 0.29) is 12.8 Å². The van der Waals surface area contributed by atoms with Crippen LogP contribution in [0.1, 0.15) is 63.5 Å². The van der Waals surface area contributed by atoms with E-state index in [0.29, 0.717) is 0 Å². The van der Waals surface area contributed by atoms with Crippen molar-refractivity contribution >= 4 is 12.1 Å². The van der Waals surface area contributed by atoms with Gasteiger partial charge in [0, 0.05) is 9.11 Å². The molecular formula is C15H26N2O4. The largest absolute Gasteiger partial charge is 0.458 e. The number of amides is 1. The van der Waals surface area contributed by atoms with Crippen molar-refractivity contribution in [2.45, 2.75) is 78.0 Å². The SMILES string of the molecule is [2H]C([2H])(C#N)CCC(NC(=O)OC(C)(C)C)C(=O)OC(C)(C)C. The van der Waals surface area contributed by atoms with Gasteiger partial charge in [0.25, 0.3) is 0 Å². The standard InChI is InChI=1S/C15H26N2O4/c1-14(2,3)20-12(18)11(9-7-8-10-16)17-13(19)21-15(4,5)6/h11H,7-9H2,1-6H3,(H,17,19)/i8D2. The molecule has 6 nitrogen and oxygen atoms in total. The molecule has 0 fully saturated rings. The zero-order valence-corrected chi connectivity index (χ0v) is 13.6. The van der Waals surface area contributed by atoms with Gasteiger partial charge in [-0.15, -0.1) is 0 Å². The Kier molecular flexibility index (Phi) is 5.85. The third-order valence-corrected chi connectivity index (χ3v) is 2.02. The molecule has 0 aromatic carbocycles. The number of esters is 1. The minimum Gasteiger partial charge on any atom is -0.458 e. The quantitative estimate of drug-likeness (QED) is 0.789. The second kappa shape index (κ2) is 7.87. The van der Waals surface area contributed by atoms with Crippen molar-refractivity contribution in [1.82, 2.24) is 5.32 Å². The Morgan fingerprint density at radius 3 is 2.14 bits per heavy atom. The second-order valence-electron chi connectivity index (χ2n) is 6.56. The molecule has 6 heteroatoms. The van der Waals surface area contributed by atoms with E-state index in [1.807, 2.05) is 0 Å².